The topological polar surface area (TPSA) is 45.7 Å². The molecule has 0 amide bonds. The van der Waals surface area contributed by atoms with Gasteiger partial charge in [-0.15, -0.1) is 0 Å². The number of unbranched alkanes of at least 4 members (excludes halogenated alkanes) is 2. The lowest BCUT2D eigenvalue weighted by molar-refractivity contribution is 0.203. The highest BCUT2D eigenvalue weighted by Gasteiger charge is 1.94. The van der Waals surface area contributed by atoms with E-state index in [2.05, 4.69) is 29.5 Å². The lowest BCUT2D eigenvalue weighted by atomic mass is 10.2. The fourth-order valence-corrected chi connectivity index (χ4v) is 1.17. The summed E-state index contributed by atoms with van der Waals surface area (Å²) in [5.74, 6) is 0.894. The Labute approximate surface area is 93.5 Å². The van der Waals surface area contributed by atoms with Crippen molar-refractivity contribution >= 4 is 5.96 Å². The molecular weight excluding hydrogens is 190 g/mol. The normalized spacial score (nSPS) is 11.5. The Kier molecular flexibility index (Phi) is 10.7. The van der Waals surface area contributed by atoms with Crippen molar-refractivity contribution in [3.8, 4) is 0 Å². The average Bonchev–Trinajstić information content (AvgIpc) is 2.24. The molecule has 0 spiro atoms. The van der Waals surface area contributed by atoms with E-state index in [1.807, 2.05) is 0 Å². The maximum Gasteiger partial charge on any atom is 0.191 e. The van der Waals surface area contributed by atoms with Gasteiger partial charge in [0.05, 0.1) is 6.61 Å². The van der Waals surface area contributed by atoms with E-state index >= 15 is 0 Å². The van der Waals surface area contributed by atoms with E-state index in [-0.39, 0.29) is 0 Å². The van der Waals surface area contributed by atoms with Crippen LogP contribution in [0.15, 0.2) is 4.99 Å². The van der Waals surface area contributed by atoms with Crippen LogP contribution in [0, 0.1) is 0 Å². The monoisotopic (exact) mass is 215 g/mol. The second-order valence-electron chi connectivity index (χ2n) is 3.39. The zero-order valence-electron chi connectivity index (χ0n) is 10.3. The van der Waals surface area contributed by atoms with E-state index < -0.39 is 0 Å². The third-order valence-electron chi connectivity index (χ3n) is 1.97. The molecule has 0 bridgehead atoms. The van der Waals surface area contributed by atoms with E-state index in [1.54, 1.807) is 7.11 Å². The average molecular weight is 215 g/mol. The van der Waals surface area contributed by atoms with Crippen LogP contribution in [0.5, 0.6) is 0 Å². The van der Waals surface area contributed by atoms with Crippen LogP contribution in [0.4, 0.5) is 0 Å². The zero-order valence-corrected chi connectivity index (χ0v) is 10.3. The maximum absolute atomic E-state index is 4.97. The van der Waals surface area contributed by atoms with Crippen molar-refractivity contribution in [3.05, 3.63) is 0 Å². The Balaban J connectivity index is 3.68. The second kappa shape index (κ2) is 11.3. The van der Waals surface area contributed by atoms with Gasteiger partial charge in [-0.1, -0.05) is 19.8 Å². The minimum absolute atomic E-state index is 0.708. The first-order chi connectivity index (χ1) is 7.35. The largest absolute Gasteiger partial charge is 0.383 e. The van der Waals surface area contributed by atoms with Crippen molar-refractivity contribution in [1.29, 1.82) is 0 Å². The molecule has 4 nitrogen and oxygen atoms in total. The highest BCUT2D eigenvalue weighted by molar-refractivity contribution is 5.79. The Hall–Kier alpha value is -0.770. The predicted octanol–water partition coefficient (Wildman–Crippen LogP) is 1.38. The zero-order chi connectivity index (χ0) is 11.4. The van der Waals surface area contributed by atoms with Crippen molar-refractivity contribution in [1.82, 2.24) is 10.6 Å². The van der Waals surface area contributed by atoms with Gasteiger partial charge >= 0.3 is 0 Å². The molecule has 0 aromatic carbocycles. The van der Waals surface area contributed by atoms with Gasteiger partial charge in [0.25, 0.3) is 0 Å². The molecule has 0 aliphatic heterocycles. The SMILES string of the molecule is CCCCCN=C(NCC)NCCOC. The third-order valence-corrected chi connectivity index (χ3v) is 1.97. The van der Waals surface area contributed by atoms with E-state index in [9.17, 15) is 0 Å². The Morgan fingerprint density at radius 1 is 1.20 bits per heavy atom. The quantitative estimate of drug-likeness (QED) is 0.365. The van der Waals surface area contributed by atoms with E-state index in [0.717, 1.165) is 32.0 Å². The van der Waals surface area contributed by atoms with Gasteiger partial charge in [0, 0.05) is 26.7 Å². The second-order valence-corrected chi connectivity index (χ2v) is 3.39. The highest BCUT2D eigenvalue weighted by atomic mass is 16.5. The fourth-order valence-electron chi connectivity index (χ4n) is 1.17. The molecule has 0 aromatic rings. The summed E-state index contributed by atoms with van der Waals surface area (Å²) in [7, 11) is 1.70. The van der Waals surface area contributed by atoms with Crippen molar-refractivity contribution in [2.45, 2.75) is 33.1 Å². The molecule has 0 aliphatic carbocycles. The van der Waals surface area contributed by atoms with Gasteiger partial charge in [0.15, 0.2) is 5.96 Å². The van der Waals surface area contributed by atoms with Crippen LogP contribution in [0.3, 0.4) is 0 Å². The number of ether oxygens (including phenoxy) is 1. The van der Waals surface area contributed by atoms with Crippen molar-refractivity contribution < 1.29 is 4.74 Å². The van der Waals surface area contributed by atoms with Crippen LogP contribution in [0.2, 0.25) is 0 Å². The first-order valence-electron chi connectivity index (χ1n) is 5.86. The van der Waals surface area contributed by atoms with E-state index in [4.69, 9.17) is 4.74 Å². The fraction of sp³-hybridized carbons (Fsp3) is 0.909. The molecule has 15 heavy (non-hydrogen) atoms. The molecule has 0 aromatic heterocycles. The molecule has 0 radical (unpaired) electrons. The van der Waals surface area contributed by atoms with Crippen LogP contribution >= 0.6 is 0 Å². The van der Waals surface area contributed by atoms with E-state index in [1.165, 1.54) is 12.8 Å². The summed E-state index contributed by atoms with van der Waals surface area (Å²) in [5, 5.41) is 6.41. The van der Waals surface area contributed by atoms with Gasteiger partial charge < -0.3 is 15.4 Å². The van der Waals surface area contributed by atoms with Gasteiger partial charge in [0.1, 0.15) is 0 Å². The molecule has 0 atom stereocenters. The molecule has 0 unspecified atom stereocenters. The number of methoxy groups -OCH3 is 1. The summed E-state index contributed by atoms with van der Waals surface area (Å²) in [6.45, 7) is 7.57. The molecule has 4 heteroatoms. The maximum atomic E-state index is 4.97. The Morgan fingerprint density at radius 2 is 2.00 bits per heavy atom. The summed E-state index contributed by atoms with van der Waals surface area (Å²) in [6, 6.07) is 0. The molecule has 2 N–H and O–H groups in total. The van der Waals surface area contributed by atoms with Crippen LogP contribution in [0.1, 0.15) is 33.1 Å². The lowest BCUT2D eigenvalue weighted by Gasteiger charge is -2.10. The number of hydrogen-bond donors (Lipinski definition) is 2. The first kappa shape index (κ1) is 14.2. The molecule has 0 fully saturated rings. The van der Waals surface area contributed by atoms with Crippen LogP contribution in [0.25, 0.3) is 0 Å². The molecule has 90 valence electrons. The molecule has 0 saturated heterocycles. The first-order valence-corrected chi connectivity index (χ1v) is 5.86. The summed E-state index contributed by atoms with van der Waals surface area (Å²) < 4.78 is 4.97. The van der Waals surface area contributed by atoms with Crippen molar-refractivity contribution in [2.75, 3.05) is 33.4 Å². The number of nitrogens with one attached hydrogen (secondary N) is 2. The number of hydrogen-bond acceptors (Lipinski definition) is 2. The minimum Gasteiger partial charge on any atom is -0.383 e. The van der Waals surface area contributed by atoms with Crippen LogP contribution < -0.4 is 10.6 Å². The lowest BCUT2D eigenvalue weighted by Crippen LogP contribution is -2.39. The van der Waals surface area contributed by atoms with Crippen LogP contribution in [-0.4, -0.2) is 39.3 Å². The van der Waals surface area contributed by atoms with Gasteiger partial charge in [-0.3, -0.25) is 4.99 Å². The summed E-state index contributed by atoms with van der Waals surface area (Å²) in [6.07, 6.45) is 3.65. The number of aliphatic imine (C=N–C) groups is 1. The molecule has 0 aliphatic rings. The Bertz CT molecular complexity index is 160. The molecule has 0 saturated carbocycles. The van der Waals surface area contributed by atoms with Gasteiger partial charge in [-0.05, 0) is 13.3 Å². The summed E-state index contributed by atoms with van der Waals surface area (Å²) >= 11 is 0. The van der Waals surface area contributed by atoms with Gasteiger partial charge in [-0.25, -0.2) is 0 Å². The van der Waals surface area contributed by atoms with Crippen molar-refractivity contribution in [3.63, 3.8) is 0 Å². The summed E-state index contributed by atoms with van der Waals surface area (Å²) in [4.78, 5) is 4.46. The number of nitrogens with zero attached hydrogens (tertiary/aromatic N) is 1. The highest BCUT2D eigenvalue weighted by Crippen LogP contribution is 1.93. The Morgan fingerprint density at radius 3 is 2.60 bits per heavy atom. The smallest absolute Gasteiger partial charge is 0.191 e. The standard InChI is InChI=1S/C11H25N3O/c1-4-6-7-8-13-11(12-5-2)14-9-10-15-3/h4-10H2,1-3H3,(H2,12,13,14). The minimum atomic E-state index is 0.708. The number of guanidine groups is 1. The van der Waals surface area contributed by atoms with Crippen LogP contribution in [-0.2, 0) is 4.74 Å². The van der Waals surface area contributed by atoms with E-state index in [0.29, 0.717) is 6.61 Å². The molecule has 0 rings (SSSR count). The van der Waals surface area contributed by atoms with Crippen molar-refractivity contribution in [2.24, 2.45) is 4.99 Å². The van der Waals surface area contributed by atoms with Gasteiger partial charge in [-0.2, -0.15) is 0 Å². The third kappa shape index (κ3) is 9.53. The number of rotatable bonds is 8. The van der Waals surface area contributed by atoms with Gasteiger partial charge in [0.2, 0.25) is 0 Å². The molecule has 0 heterocycles. The predicted molar refractivity (Wildman–Crippen MR) is 65.4 cm³/mol. The molecular formula is C11H25N3O. The summed E-state index contributed by atoms with van der Waals surface area (Å²) in [5.41, 5.74) is 0.